The molecule has 5 heteroatoms. The Kier molecular flexibility index (Phi) is 5.01. The predicted octanol–water partition coefficient (Wildman–Crippen LogP) is 2.81. The quantitative estimate of drug-likeness (QED) is 0.629. The van der Waals surface area contributed by atoms with Crippen LogP contribution in [0.1, 0.15) is 52.2 Å². The molecule has 2 amide bonds. The van der Waals surface area contributed by atoms with E-state index < -0.39 is 0 Å². The fourth-order valence-corrected chi connectivity index (χ4v) is 2.89. The van der Waals surface area contributed by atoms with E-state index >= 15 is 0 Å². The molecule has 0 saturated heterocycles. The van der Waals surface area contributed by atoms with Crippen molar-refractivity contribution >= 4 is 11.8 Å². The minimum absolute atomic E-state index is 0.176. The highest BCUT2D eigenvalue weighted by molar-refractivity contribution is 6.21. The Morgan fingerprint density at radius 1 is 1.00 bits per heavy atom. The summed E-state index contributed by atoms with van der Waals surface area (Å²) in [6, 6.07) is 13.1. The van der Waals surface area contributed by atoms with E-state index in [1.165, 1.54) is 4.90 Å². The van der Waals surface area contributed by atoms with Crippen LogP contribution in [0.3, 0.4) is 0 Å². The number of amides is 2. The maximum Gasteiger partial charge on any atom is 0.261 e. The summed E-state index contributed by atoms with van der Waals surface area (Å²) in [5.41, 5.74) is 2.05. The van der Waals surface area contributed by atoms with Crippen LogP contribution in [0.25, 0.3) is 0 Å². The second-order valence-corrected chi connectivity index (χ2v) is 5.95. The van der Waals surface area contributed by atoms with Crippen LogP contribution < -0.4 is 5.32 Å². The molecule has 5 nitrogen and oxygen atoms in total. The molecule has 0 unspecified atom stereocenters. The van der Waals surface area contributed by atoms with Gasteiger partial charge in [0.2, 0.25) is 0 Å². The van der Waals surface area contributed by atoms with Gasteiger partial charge >= 0.3 is 0 Å². The molecule has 0 saturated carbocycles. The van der Waals surface area contributed by atoms with Crippen LogP contribution in [-0.2, 0) is 0 Å². The highest BCUT2D eigenvalue weighted by Crippen LogP contribution is 2.22. The van der Waals surface area contributed by atoms with Gasteiger partial charge in [0.25, 0.3) is 11.8 Å². The third-order valence-electron chi connectivity index (χ3n) is 4.27. The summed E-state index contributed by atoms with van der Waals surface area (Å²) in [7, 11) is 0. The first-order valence-electron chi connectivity index (χ1n) is 8.28. The number of rotatable bonds is 7. The zero-order valence-corrected chi connectivity index (χ0v) is 13.7. The molecule has 0 aliphatic carbocycles. The lowest BCUT2D eigenvalue weighted by molar-refractivity contribution is 0.0651. The van der Waals surface area contributed by atoms with Crippen LogP contribution in [0.15, 0.2) is 48.7 Å². The summed E-state index contributed by atoms with van der Waals surface area (Å²) in [6.45, 7) is 3.36. The summed E-state index contributed by atoms with van der Waals surface area (Å²) in [5.74, 6) is -0.351. The van der Waals surface area contributed by atoms with E-state index in [4.69, 9.17) is 0 Å². The third kappa shape index (κ3) is 3.36. The summed E-state index contributed by atoms with van der Waals surface area (Å²) in [5, 5.41) is 3.41. The molecular weight excluding hydrogens is 302 g/mol. The second kappa shape index (κ2) is 7.36. The number of hydrogen-bond donors (Lipinski definition) is 1. The van der Waals surface area contributed by atoms with Crippen molar-refractivity contribution in [3.63, 3.8) is 0 Å². The van der Waals surface area contributed by atoms with Gasteiger partial charge in [0, 0.05) is 18.8 Å². The maximum absolute atomic E-state index is 12.2. The number of imide groups is 1. The van der Waals surface area contributed by atoms with Gasteiger partial charge in [-0.3, -0.25) is 19.5 Å². The molecule has 1 aliphatic rings. The Balaban J connectivity index is 1.43. The minimum Gasteiger partial charge on any atom is -0.309 e. The second-order valence-electron chi connectivity index (χ2n) is 5.95. The third-order valence-corrected chi connectivity index (χ3v) is 4.27. The highest BCUT2D eigenvalue weighted by atomic mass is 16.2. The van der Waals surface area contributed by atoms with Gasteiger partial charge in [-0.05, 0) is 50.6 Å². The molecule has 1 aromatic carbocycles. The first-order valence-corrected chi connectivity index (χ1v) is 8.28. The normalized spacial score (nSPS) is 14.8. The number of nitrogens with zero attached hydrogens (tertiary/aromatic N) is 2. The van der Waals surface area contributed by atoms with E-state index in [2.05, 4.69) is 17.2 Å². The molecule has 1 atom stereocenters. The van der Waals surface area contributed by atoms with Crippen LogP contribution in [0.2, 0.25) is 0 Å². The molecule has 1 aliphatic heterocycles. The number of carbonyl (C=O) groups excluding carboxylic acids is 2. The smallest absolute Gasteiger partial charge is 0.261 e. The van der Waals surface area contributed by atoms with Crippen LogP contribution in [0, 0.1) is 0 Å². The zero-order valence-electron chi connectivity index (χ0n) is 13.7. The standard InChI is InChI=1S/C19H21N3O2/c1-14(17-10-4-5-12-21-17)20-11-6-7-13-22-18(23)15-8-2-3-9-16(15)19(22)24/h2-5,8-10,12,14,20H,6-7,11,13H2,1H3/t14-/m1/s1. The Hall–Kier alpha value is -2.53. The molecular formula is C19H21N3O2. The highest BCUT2D eigenvalue weighted by Gasteiger charge is 2.34. The van der Waals surface area contributed by atoms with Gasteiger partial charge in [-0.15, -0.1) is 0 Å². The lowest BCUT2D eigenvalue weighted by Gasteiger charge is -2.15. The fourth-order valence-electron chi connectivity index (χ4n) is 2.89. The number of pyridine rings is 1. The largest absolute Gasteiger partial charge is 0.309 e. The van der Waals surface area contributed by atoms with E-state index in [0.29, 0.717) is 17.7 Å². The van der Waals surface area contributed by atoms with E-state index in [9.17, 15) is 9.59 Å². The van der Waals surface area contributed by atoms with Crippen LogP contribution in [-0.4, -0.2) is 34.8 Å². The van der Waals surface area contributed by atoms with Crippen LogP contribution in [0.5, 0.6) is 0 Å². The van der Waals surface area contributed by atoms with Crippen molar-refractivity contribution in [2.45, 2.75) is 25.8 Å². The van der Waals surface area contributed by atoms with Gasteiger partial charge in [-0.2, -0.15) is 0 Å². The van der Waals surface area contributed by atoms with Crippen LogP contribution >= 0.6 is 0 Å². The molecule has 2 aromatic rings. The molecule has 0 fully saturated rings. The Morgan fingerprint density at radius 3 is 2.29 bits per heavy atom. The Morgan fingerprint density at radius 2 is 1.67 bits per heavy atom. The zero-order chi connectivity index (χ0) is 16.9. The molecule has 1 N–H and O–H groups in total. The van der Waals surface area contributed by atoms with E-state index in [1.54, 1.807) is 30.5 Å². The van der Waals surface area contributed by atoms with Gasteiger partial charge in [-0.25, -0.2) is 0 Å². The fraction of sp³-hybridized carbons (Fsp3) is 0.316. The average Bonchev–Trinajstić information content (AvgIpc) is 2.87. The summed E-state index contributed by atoms with van der Waals surface area (Å²) < 4.78 is 0. The minimum atomic E-state index is -0.176. The molecule has 24 heavy (non-hydrogen) atoms. The predicted molar refractivity (Wildman–Crippen MR) is 91.7 cm³/mol. The van der Waals surface area contributed by atoms with Crippen molar-refractivity contribution in [2.75, 3.05) is 13.1 Å². The molecule has 0 radical (unpaired) electrons. The maximum atomic E-state index is 12.2. The van der Waals surface area contributed by atoms with Gasteiger partial charge in [-0.1, -0.05) is 18.2 Å². The van der Waals surface area contributed by atoms with Crippen LogP contribution in [0.4, 0.5) is 0 Å². The number of nitrogens with one attached hydrogen (secondary N) is 1. The first-order chi connectivity index (χ1) is 11.7. The van der Waals surface area contributed by atoms with Crippen molar-refractivity contribution in [2.24, 2.45) is 0 Å². The van der Waals surface area contributed by atoms with Crippen molar-refractivity contribution in [1.29, 1.82) is 0 Å². The topological polar surface area (TPSA) is 62.3 Å². The monoisotopic (exact) mass is 323 g/mol. The van der Waals surface area contributed by atoms with Crippen molar-refractivity contribution < 1.29 is 9.59 Å². The number of hydrogen-bond acceptors (Lipinski definition) is 4. The van der Waals surface area contributed by atoms with Crippen molar-refractivity contribution in [3.05, 3.63) is 65.5 Å². The van der Waals surface area contributed by atoms with Crippen molar-refractivity contribution in [1.82, 2.24) is 15.2 Å². The molecule has 124 valence electrons. The number of carbonyl (C=O) groups is 2. The summed E-state index contributed by atoms with van der Waals surface area (Å²) >= 11 is 0. The lowest BCUT2D eigenvalue weighted by Crippen LogP contribution is -2.31. The number of unbranched alkanes of at least 4 members (excludes halogenated alkanes) is 1. The van der Waals surface area contributed by atoms with Gasteiger partial charge < -0.3 is 5.32 Å². The Labute approximate surface area is 141 Å². The van der Waals surface area contributed by atoms with Gasteiger partial charge in [0.15, 0.2) is 0 Å². The molecule has 0 bridgehead atoms. The molecule has 0 spiro atoms. The molecule has 3 rings (SSSR count). The van der Waals surface area contributed by atoms with E-state index in [1.807, 2.05) is 18.2 Å². The molecule has 1 aromatic heterocycles. The van der Waals surface area contributed by atoms with E-state index in [0.717, 1.165) is 25.1 Å². The first kappa shape index (κ1) is 16.3. The SMILES string of the molecule is C[C@@H](NCCCCN1C(=O)c2ccccc2C1=O)c1ccccn1. The number of fused-ring (bicyclic) bond motifs is 1. The van der Waals surface area contributed by atoms with Gasteiger partial charge in [0.1, 0.15) is 0 Å². The van der Waals surface area contributed by atoms with Crippen molar-refractivity contribution in [3.8, 4) is 0 Å². The number of aromatic nitrogens is 1. The Bertz CT molecular complexity index is 695. The molecule has 2 heterocycles. The number of benzene rings is 1. The summed E-state index contributed by atoms with van der Waals surface area (Å²) in [6.07, 6.45) is 3.47. The van der Waals surface area contributed by atoms with Gasteiger partial charge in [0.05, 0.1) is 16.8 Å². The lowest BCUT2D eigenvalue weighted by atomic mass is 10.1. The van der Waals surface area contributed by atoms with E-state index in [-0.39, 0.29) is 17.9 Å². The average molecular weight is 323 g/mol. The summed E-state index contributed by atoms with van der Waals surface area (Å²) in [4.78, 5) is 30.2.